The molecule has 1 aromatic rings. The molecule has 2 fully saturated rings. The van der Waals surface area contributed by atoms with Crippen molar-refractivity contribution in [1.29, 1.82) is 0 Å². The van der Waals surface area contributed by atoms with Gasteiger partial charge in [-0.3, -0.25) is 9.59 Å². The normalized spacial score (nSPS) is 27.1. The van der Waals surface area contributed by atoms with Crippen LogP contribution in [0.1, 0.15) is 42.5 Å². The van der Waals surface area contributed by atoms with Crippen molar-refractivity contribution >= 4 is 23.2 Å². The van der Waals surface area contributed by atoms with Crippen molar-refractivity contribution in [3.63, 3.8) is 0 Å². The molecule has 0 aliphatic carbocycles. The predicted octanol–water partition coefficient (Wildman–Crippen LogP) is 2.37. The number of rotatable bonds is 1. The maximum Gasteiger partial charge on any atom is 0.254 e. The van der Waals surface area contributed by atoms with Crippen molar-refractivity contribution < 1.29 is 9.59 Å². The number of hydrogen-bond acceptors (Lipinski definition) is 3. The van der Waals surface area contributed by atoms with Gasteiger partial charge in [-0.25, -0.2) is 0 Å². The van der Waals surface area contributed by atoms with Crippen LogP contribution in [0.15, 0.2) is 16.8 Å². The highest BCUT2D eigenvalue weighted by Crippen LogP contribution is 2.36. The summed E-state index contributed by atoms with van der Waals surface area (Å²) in [6.07, 6.45) is 4.61. The minimum atomic E-state index is -0.126. The summed E-state index contributed by atoms with van der Waals surface area (Å²) in [4.78, 5) is 28.3. The molecule has 3 heterocycles. The molecular formula is C15H20N2O2S. The van der Waals surface area contributed by atoms with Crippen molar-refractivity contribution in [3.8, 4) is 0 Å². The number of nitrogens with zero attached hydrogens (tertiary/aromatic N) is 2. The summed E-state index contributed by atoms with van der Waals surface area (Å²) in [7, 11) is 1.90. The number of carbonyl (C=O) groups is 2. The van der Waals surface area contributed by atoms with Crippen LogP contribution < -0.4 is 0 Å². The molecule has 0 unspecified atom stereocenters. The standard InChI is InChI=1S/C15H20N2O2S/c1-16-13(18)4-2-6-15(16)7-3-8-17(11-15)14(19)12-5-9-20-10-12/h5,9-10H,2-4,6-8,11H2,1H3/t15-/m1/s1. The molecule has 20 heavy (non-hydrogen) atoms. The van der Waals surface area contributed by atoms with Crippen molar-refractivity contribution in [2.75, 3.05) is 20.1 Å². The fourth-order valence-electron chi connectivity index (χ4n) is 3.50. The fraction of sp³-hybridized carbons (Fsp3) is 0.600. The van der Waals surface area contributed by atoms with Crippen LogP contribution in [0.5, 0.6) is 0 Å². The molecular weight excluding hydrogens is 272 g/mol. The Morgan fingerprint density at radius 1 is 1.35 bits per heavy atom. The number of carbonyl (C=O) groups excluding carboxylic acids is 2. The summed E-state index contributed by atoms with van der Waals surface area (Å²) in [5, 5.41) is 3.84. The van der Waals surface area contributed by atoms with Crippen LogP contribution in [-0.4, -0.2) is 47.3 Å². The molecule has 108 valence electrons. The van der Waals surface area contributed by atoms with Crippen LogP contribution >= 0.6 is 11.3 Å². The minimum Gasteiger partial charge on any atom is -0.338 e. The van der Waals surface area contributed by atoms with Gasteiger partial charge < -0.3 is 9.80 Å². The summed E-state index contributed by atoms with van der Waals surface area (Å²) in [6.45, 7) is 1.49. The molecule has 5 heteroatoms. The van der Waals surface area contributed by atoms with E-state index in [1.807, 2.05) is 33.7 Å². The zero-order chi connectivity index (χ0) is 14.2. The van der Waals surface area contributed by atoms with Gasteiger partial charge in [0.15, 0.2) is 0 Å². The first-order valence-electron chi connectivity index (χ1n) is 7.21. The van der Waals surface area contributed by atoms with Crippen LogP contribution in [0, 0.1) is 0 Å². The van der Waals surface area contributed by atoms with E-state index in [0.717, 1.165) is 37.8 Å². The fourth-order valence-corrected chi connectivity index (χ4v) is 4.13. The van der Waals surface area contributed by atoms with Crippen LogP contribution in [-0.2, 0) is 4.79 Å². The Bertz CT molecular complexity index is 510. The molecule has 1 atom stereocenters. The van der Waals surface area contributed by atoms with E-state index in [2.05, 4.69) is 0 Å². The highest BCUT2D eigenvalue weighted by Gasteiger charge is 2.44. The number of thiophene rings is 1. The molecule has 2 amide bonds. The Morgan fingerprint density at radius 3 is 2.90 bits per heavy atom. The van der Waals surface area contributed by atoms with Gasteiger partial charge in [-0.05, 0) is 37.1 Å². The van der Waals surface area contributed by atoms with Crippen LogP contribution in [0.3, 0.4) is 0 Å². The Labute approximate surface area is 123 Å². The lowest BCUT2D eigenvalue weighted by Crippen LogP contribution is -2.61. The van der Waals surface area contributed by atoms with E-state index in [1.54, 1.807) is 11.3 Å². The molecule has 0 saturated carbocycles. The lowest BCUT2D eigenvalue weighted by Gasteiger charge is -2.50. The first kappa shape index (κ1) is 13.6. The molecule has 1 aromatic heterocycles. The average Bonchev–Trinajstić information content (AvgIpc) is 2.98. The van der Waals surface area contributed by atoms with E-state index in [1.165, 1.54) is 0 Å². The molecule has 4 nitrogen and oxygen atoms in total. The van der Waals surface area contributed by atoms with Crippen LogP contribution in [0.25, 0.3) is 0 Å². The Kier molecular flexibility index (Phi) is 3.54. The molecule has 0 N–H and O–H groups in total. The molecule has 1 spiro atoms. The molecule has 2 aliphatic heterocycles. The highest BCUT2D eigenvalue weighted by atomic mass is 32.1. The predicted molar refractivity (Wildman–Crippen MR) is 78.8 cm³/mol. The van der Waals surface area contributed by atoms with Crippen molar-refractivity contribution in [3.05, 3.63) is 22.4 Å². The maximum absolute atomic E-state index is 12.5. The monoisotopic (exact) mass is 292 g/mol. The van der Waals surface area contributed by atoms with Gasteiger partial charge in [0.2, 0.25) is 5.91 Å². The van der Waals surface area contributed by atoms with Crippen molar-refractivity contribution in [2.45, 2.75) is 37.6 Å². The molecule has 0 bridgehead atoms. The summed E-state index contributed by atoms with van der Waals surface area (Å²) < 4.78 is 0. The van der Waals surface area contributed by atoms with Crippen molar-refractivity contribution in [1.82, 2.24) is 9.80 Å². The van der Waals surface area contributed by atoms with Gasteiger partial charge in [-0.1, -0.05) is 0 Å². The number of likely N-dealkylation sites (tertiary alicyclic amines) is 2. The lowest BCUT2D eigenvalue weighted by atomic mass is 9.80. The molecule has 2 saturated heterocycles. The van der Waals surface area contributed by atoms with E-state index >= 15 is 0 Å². The number of hydrogen-bond donors (Lipinski definition) is 0. The van der Waals surface area contributed by atoms with Gasteiger partial charge >= 0.3 is 0 Å². The zero-order valence-electron chi connectivity index (χ0n) is 11.8. The summed E-state index contributed by atoms with van der Waals surface area (Å²) in [5.41, 5.74) is 0.649. The lowest BCUT2D eigenvalue weighted by molar-refractivity contribution is -0.142. The van der Waals surface area contributed by atoms with Crippen LogP contribution in [0.2, 0.25) is 0 Å². The minimum absolute atomic E-state index is 0.108. The molecule has 0 aromatic carbocycles. The smallest absolute Gasteiger partial charge is 0.254 e. The van der Waals surface area contributed by atoms with Gasteiger partial charge in [0, 0.05) is 31.9 Å². The largest absolute Gasteiger partial charge is 0.338 e. The van der Waals surface area contributed by atoms with Crippen LogP contribution in [0.4, 0.5) is 0 Å². The third-order valence-corrected chi connectivity index (χ3v) is 5.41. The van der Waals surface area contributed by atoms with E-state index < -0.39 is 0 Å². The Balaban J connectivity index is 1.79. The van der Waals surface area contributed by atoms with E-state index in [4.69, 9.17) is 0 Å². The Hall–Kier alpha value is -1.36. The maximum atomic E-state index is 12.5. The third kappa shape index (κ3) is 2.24. The summed E-state index contributed by atoms with van der Waals surface area (Å²) in [5.74, 6) is 0.331. The SMILES string of the molecule is CN1C(=O)CCC[C@]12CCCN(C(=O)c1ccsc1)C2. The first-order chi connectivity index (χ1) is 9.62. The number of amides is 2. The quantitative estimate of drug-likeness (QED) is 0.797. The molecule has 2 aliphatic rings. The molecule has 0 radical (unpaired) electrons. The van der Waals surface area contributed by atoms with Gasteiger partial charge in [-0.15, -0.1) is 0 Å². The second-order valence-corrected chi connectivity index (χ2v) is 6.65. The average molecular weight is 292 g/mol. The second kappa shape index (κ2) is 5.20. The van der Waals surface area contributed by atoms with E-state index in [-0.39, 0.29) is 17.4 Å². The zero-order valence-corrected chi connectivity index (χ0v) is 12.6. The van der Waals surface area contributed by atoms with E-state index in [0.29, 0.717) is 13.0 Å². The third-order valence-electron chi connectivity index (χ3n) is 4.73. The summed E-state index contributed by atoms with van der Waals surface area (Å²) in [6, 6.07) is 1.88. The topological polar surface area (TPSA) is 40.6 Å². The van der Waals surface area contributed by atoms with Gasteiger partial charge in [0.25, 0.3) is 5.91 Å². The van der Waals surface area contributed by atoms with Crippen molar-refractivity contribution in [2.24, 2.45) is 0 Å². The first-order valence-corrected chi connectivity index (χ1v) is 8.15. The Morgan fingerprint density at radius 2 is 2.15 bits per heavy atom. The number of piperidine rings is 2. The van der Waals surface area contributed by atoms with Gasteiger partial charge in [-0.2, -0.15) is 11.3 Å². The van der Waals surface area contributed by atoms with Gasteiger partial charge in [0.1, 0.15) is 0 Å². The highest BCUT2D eigenvalue weighted by molar-refractivity contribution is 7.08. The summed E-state index contributed by atoms with van der Waals surface area (Å²) >= 11 is 1.55. The van der Waals surface area contributed by atoms with E-state index in [9.17, 15) is 9.59 Å². The number of likely N-dealkylation sites (N-methyl/N-ethyl adjacent to an activating group) is 1. The van der Waals surface area contributed by atoms with Gasteiger partial charge in [0.05, 0.1) is 11.1 Å². The molecule has 3 rings (SSSR count). The second-order valence-electron chi connectivity index (χ2n) is 5.87.